The van der Waals surface area contributed by atoms with Crippen LogP contribution in [-0.4, -0.2) is 21.0 Å². The minimum Gasteiger partial charge on any atom is -0.510 e. The fourth-order valence-corrected chi connectivity index (χ4v) is 2.91. The van der Waals surface area contributed by atoms with Crippen LogP contribution in [0.25, 0.3) is 11.0 Å². The number of rotatable bonds is 2. The zero-order valence-electron chi connectivity index (χ0n) is 12.2. The van der Waals surface area contributed by atoms with Crippen LogP contribution in [0.5, 0.6) is 0 Å². The smallest absolute Gasteiger partial charge is 0.255 e. The number of hydrogen-bond donors (Lipinski definition) is 2. The number of fused-ring (bicyclic) bond motifs is 1. The van der Waals surface area contributed by atoms with Crippen molar-refractivity contribution < 1.29 is 18.7 Å². The number of aromatic nitrogens is 2. The second kappa shape index (κ2) is 5.16. The second-order valence-corrected chi connectivity index (χ2v) is 5.43. The molecule has 120 valence electrons. The normalized spacial score (nSPS) is 17.6. The molecule has 1 amide bonds. The molecule has 1 aliphatic rings. The number of amides is 1. The maximum atomic E-state index is 14.2. The summed E-state index contributed by atoms with van der Waals surface area (Å²) in [6.45, 7) is 0. The van der Waals surface area contributed by atoms with Crippen LogP contribution in [0.4, 0.5) is 14.5 Å². The highest BCUT2D eigenvalue weighted by Crippen LogP contribution is 2.38. The van der Waals surface area contributed by atoms with Crippen molar-refractivity contribution >= 4 is 22.6 Å². The maximum Gasteiger partial charge on any atom is 0.255 e. The average Bonchev–Trinajstić information content (AvgIpc) is 3.13. The van der Waals surface area contributed by atoms with Crippen molar-refractivity contribution in [3.05, 3.63) is 71.8 Å². The van der Waals surface area contributed by atoms with Crippen molar-refractivity contribution in [2.75, 3.05) is 4.90 Å². The molecule has 0 saturated carbocycles. The van der Waals surface area contributed by atoms with Crippen LogP contribution in [0.1, 0.15) is 11.6 Å². The van der Waals surface area contributed by atoms with E-state index in [-0.39, 0.29) is 11.3 Å². The van der Waals surface area contributed by atoms with Crippen LogP contribution in [0, 0.1) is 11.6 Å². The number of anilines is 1. The van der Waals surface area contributed by atoms with E-state index in [4.69, 9.17) is 0 Å². The Morgan fingerprint density at radius 3 is 2.88 bits per heavy atom. The highest BCUT2D eigenvalue weighted by Gasteiger charge is 2.37. The van der Waals surface area contributed by atoms with Crippen LogP contribution < -0.4 is 4.90 Å². The van der Waals surface area contributed by atoms with Gasteiger partial charge in [-0.2, -0.15) is 0 Å². The van der Waals surface area contributed by atoms with Crippen LogP contribution in [-0.2, 0) is 4.79 Å². The van der Waals surface area contributed by atoms with E-state index in [1.807, 2.05) is 0 Å². The van der Waals surface area contributed by atoms with Gasteiger partial charge in [0.1, 0.15) is 11.8 Å². The minimum atomic E-state index is -1.12. The van der Waals surface area contributed by atoms with E-state index in [0.717, 1.165) is 17.7 Å². The molecular formula is C17H11F2N3O2. The van der Waals surface area contributed by atoms with Gasteiger partial charge in [-0.1, -0.05) is 12.1 Å². The molecule has 0 fully saturated rings. The Morgan fingerprint density at radius 2 is 2.04 bits per heavy atom. The number of halogens is 2. The zero-order chi connectivity index (χ0) is 16.8. The predicted octanol–water partition coefficient (Wildman–Crippen LogP) is 3.37. The summed E-state index contributed by atoms with van der Waals surface area (Å²) >= 11 is 0. The van der Waals surface area contributed by atoms with Gasteiger partial charge in [-0.25, -0.2) is 13.8 Å². The fraction of sp³-hybridized carbons (Fsp3) is 0.0588. The predicted molar refractivity (Wildman–Crippen MR) is 83.4 cm³/mol. The summed E-state index contributed by atoms with van der Waals surface area (Å²) in [5.41, 5.74) is 1.70. The molecule has 1 aromatic heterocycles. The first-order valence-electron chi connectivity index (χ1n) is 7.17. The summed E-state index contributed by atoms with van der Waals surface area (Å²) in [4.78, 5) is 20.5. The molecule has 0 aliphatic carbocycles. The van der Waals surface area contributed by atoms with Gasteiger partial charge in [0.05, 0.1) is 17.4 Å². The molecule has 4 rings (SSSR count). The highest BCUT2D eigenvalue weighted by atomic mass is 19.2. The zero-order valence-corrected chi connectivity index (χ0v) is 12.2. The largest absolute Gasteiger partial charge is 0.510 e. The van der Waals surface area contributed by atoms with Crippen molar-refractivity contribution in [1.29, 1.82) is 0 Å². The molecule has 2 N–H and O–H groups in total. The average molecular weight is 327 g/mol. The van der Waals surface area contributed by atoms with Crippen LogP contribution in [0.3, 0.4) is 0 Å². The van der Waals surface area contributed by atoms with E-state index >= 15 is 0 Å². The third-order valence-electron chi connectivity index (χ3n) is 4.01. The van der Waals surface area contributed by atoms with E-state index in [1.165, 1.54) is 23.4 Å². The number of aliphatic hydroxyl groups is 1. The molecule has 0 bridgehead atoms. The van der Waals surface area contributed by atoms with Gasteiger partial charge < -0.3 is 10.1 Å². The Kier molecular flexibility index (Phi) is 3.09. The lowest BCUT2D eigenvalue weighted by Crippen LogP contribution is -2.30. The van der Waals surface area contributed by atoms with Crippen molar-refractivity contribution in [1.82, 2.24) is 9.97 Å². The summed E-state index contributed by atoms with van der Waals surface area (Å²) in [6.07, 6.45) is 2.52. The third kappa shape index (κ3) is 2.05. The Labute approximate surface area is 134 Å². The van der Waals surface area contributed by atoms with Gasteiger partial charge in [0.2, 0.25) is 0 Å². The van der Waals surface area contributed by atoms with Gasteiger partial charge in [-0.05, 0) is 24.3 Å². The molecule has 0 radical (unpaired) electrons. The van der Waals surface area contributed by atoms with Crippen molar-refractivity contribution in [3.8, 4) is 0 Å². The number of imidazole rings is 1. The quantitative estimate of drug-likeness (QED) is 0.758. The molecule has 5 nitrogen and oxygen atoms in total. The number of H-pyrrole nitrogens is 1. The van der Waals surface area contributed by atoms with E-state index in [2.05, 4.69) is 9.97 Å². The molecule has 24 heavy (non-hydrogen) atoms. The number of aromatic amines is 1. The number of benzene rings is 2. The first kappa shape index (κ1) is 14.4. The van der Waals surface area contributed by atoms with E-state index < -0.39 is 23.6 Å². The molecule has 7 heteroatoms. The molecule has 0 saturated heterocycles. The summed E-state index contributed by atoms with van der Waals surface area (Å²) < 4.78 is 27.7. The number of hydrogen-bond acceptors (Lipinski definition) is 3. The van der Waals surface area contributed by atoms with Crippen molar-refractivity contribution in [2.24, 2.45) is 0 Å². The molecule has 2 aromatic carbocycles. The van der Waals surface area contributed by atoms with Gasteiger partial charge in [0, 0.05) is 17.3 Å². The topological polar surface area (TPSA) is 69.2 Å². The van der Waals surface area contributed by atoms with Gasteiger partial charge in [-0.3, -0.25) is 9.69 Å². The van der Waals surface area contributed by atoms with Gasteiger partial charge >= 0.3 is 0 Å². The van der Waals surface area contributed by atoms with E-state index in [0.29, 0.717) is 11.2 Å². The summed E-state index contributed by atoms with van der Waals surface area (Å²) in [5, 5.41) is 10.1. The fourth-order valence-electron chi connectivity index (χ4n) is 2.91. The molecule has 2 heterocycles. The van der Waals surface area contributed by atoms with E-state index in [1.54, 1.807) is 18.2 Å². The summed E-state index contributed by atoms with van der Waals surface area (Å²) in [6, 6.07) is 7.54. The number of carbonyl (C=O) groups is 1. The van der Waals surface area contributed by atoms with Crippen LogP contribution in [0.15, 0.2) is 54.6 Å². The first-order valence-corrected chi connectivity index (χ1v) is 7.17. The standard InChI is InChI=1S/C17H11F2N3O2/c18-11-3-1-2-10(16(11)19)17-14(23)7-15(24)22(17)9-4-5-12-13(6-9)21-8-20-12/h1-8,17,23H,(H,20,21). The summed E-state index contributed by atoms with van der Waals surface area (Å²) in [5.74, 6) is -2.99. The molecule has 1 unspecified atom stereocenters. The maximum absolute atomic E-state index is 14.2. The molecule has 0 spiro atoms. The third-order valence-corrected chi connectivity index (χ3v) is 4.01. The lowest BCUT2D eigenvalue weighted by atomic mass is 10.0. The first-order chi connectivity index (χ1) is 11.6. The SMILES string of the molecule is O=C1C=C(O)C(c2cccc(F)c2F)N1c1ccc2[nH]cnc2c1. The number of nitrogens with one attached hydrogen (secondary N) is 1. The molecule has 3 aromatic rings. The Bertz CT molecular complexity index is 996. The molecular weight excluding hydrogens is 316 g/mol. The number of carbonyl (C=O) groups excluding carboxylic acids is 1. The number of nitrogens with zero attached hydrogens (tertiary/aromatic N) is 2. The monoisotopic (exact) mass is 327 g/mol. The van der Waals surface area contributed by atoms with Gasteiger partial charge in [0.15, 0.2) is 11.6 Å². The van der Waals surface area contributed by atoms with Crippen molar-refractivity contribution in [3.63, 3.8) is 0 Å². The lowest BCUT2D eigenvalue weighted by molar-refractivity contribution is -0.113. The Hall–Kier alpha value is -3.22. The lowest BCUT2D eigenvalue weighted by Gasteiger charge is -2.26. The number of aliphatic hydroxyl groups excluding tert-OH is 1. The second-order valence-electron chi connectivity index (χ2n) is 5.43. The Balaban J connectivity index is 1.86. The summed E-state index contributed by atoms with van der Waals surface area (Å²) in [7, 11) is 0. The molecule has 1 aliphatic heterocycles. The van der Waals surface area contributed by atoms with Gasteiger partial charge in [0.25, 0.3) is 5.91 Å². The van der Waals surface area contributed by atoms with Crippen LogP contribution >= 0.6 is 0 Å². The minimum absolute atomic E-state index is 0.114. The Morgan fingerprint density at radius 1 is 1.21 bits per heavy atom. The van der Waals surface area contributed by atoms with Crippen molar-refractivity contribution in [2.45, 2.75) is 6.04 Å². The highest BCUT2D eigenvalue weighted by molar-refractivity contribution is 6.06. The van der Waals surface area contributed by atoms with Gasteiger partial charge in [-0.15, -0.1) is 0 Å². The van der Waals surface area contributed by atoms with Crippen LogP contribution in [0.2, 0.25) is 0 Å². The molecule has 1 atom stereocenters. The van der Waals surface area contributed by atoms with E-state index in [9.17, 15) is 18.7 Å².